The summed E-state index contributed by atoms with van der Waals surface area (Å²) in [7, 11) is 0. The summed E-state index contributed by atoms with van der Waals surface area (Å²) in [5.74, 6) is -0.787. The fraction of sp³-hybridized carbons (Fsp3) is 0.412. The van der Waals surface area contributed by atoms with Crippen molar-refractivity contribution in [2.24, 2.45) is 0 Å². The molecular formula is C17H20ClNO3. The van der Waals surface area contributed by atoms with Gasteiger partial charge in [-0.3, -0.25) is 4.79 Å². The van der Waals surface area contributed by atoms with Gasteiger partial charge in [0.05, 0.1) is 0 Å². The molecule has 1 N–H and O–H groups in total. The van der Waals surface area contributed by atoms with Crippen LogP contribution in [-0.4, -0.2) is 24.0 Å². The van der Waals surface area contributed by atoms with Gasteiger partial charge in [-0.2, -0.15) is 0 Å². The van der Waals surface area contributed by atoms with E-state index in [0.29, 0.717) is 5.02 Å². The van der Waals surface area contributed by atoms with Crippen molar-refractivity contribution in [1.29, 1.82) is 0 Å². The van der Waals surface area contributed by atoms with Crippen molar-refractivity contribution in [3.05, 3.63) is 40.9 Å². The van der Waals surface area contributed by atoms with E-state index in [9.17, 15) is 9.59 Å². The lowest BCUT2D eigenvalue weighted by Gasteiger charge is -2.16. The maximum atomic E-state index is 11.9. The lowest BCUT2D eigenvalue weighted by molar-refractivity contribution is -0.150. The quantitative estimate of drug-likeness (QED) is 0.668. The summed E-state index contributed by atoms with van der Waals surface area (Å²) in [6.07, 6.45) is 6.39. The van der Waals surface area contributed by atoms with E-state index in [2.05, 4.69) is 5.32 Å². The Morgan fingerprint density at radius 3 is 2.77 bits per heavy atom. The van der Waals surface area contributed by atoms with Crippen LogP contribution in [0.1, 0.15) is 38.2 Å². The first kappa shape index (κ1) is 16.6. The van der Waals surface area contributed by atoms with Gasteiger partial charge in [0.2, 0.25) is 0 Å². The Balaban J connectivity index is 1.81. The van der Waals surface area contributed by atoms with Crippen molar-refractivity contribution in [1.82, 2.24) is 5.32 Å². The molecule has 1 aromatic rings. The number of halogens is 1. The average Bonchev–Trinajstić information content (AvgIpc) is 2.98. The zero-order chi connectivity index (χ0) is 15.9. The van der Waals surface area contributed by atoms with Gasteiger partial charge in [0.1, 0.15) is 0 Å². The Labute approximate surface area is 135 Å². The van der Waals surface area contributed by atoms with Crippen LogP contribution in [0.4, 0.5) is 0 Å². The van der Waals surface area contributed by atoms with Gasteiger partial charge in [-0.05, 0) is 43.5 Å². The summed E-state index contributed by atoms with van der Waals surface area (Å²) in [6, 6.07) is 7.33. The Kier molecular flexibility index (Phi) is 6.01. The van der Waals surface area contributed by atoms with Gasteiger partial charge in [-0.1, -0.05) is 36.6 Å². The van der Waals surface area contributed by atoms with Crippen LogP contribution in [0.25, 0.3) is 6.08 Å². The monoisotopic (exact) mass is 321 g/mol. The third kappa shape index (κ3) is 5.19. The molecule has 1 amide bonds. The summed E-state index contributed by atoms with van der Waals surface area (Å²) < 4.78 is 5.10. The minimum atomic E-state index is -0.794. The molecule has 0 aliphatic heterocycles. The number of carbonyl (C=O) groups excluding carboxylic acids is 2. The summed E-state index contributed by atoms with van der Waals surface area (Å²) in [5, 5.41) is 3.50. The predicted molar refractivity (Wildman–Crippen MR) is 86.4 cm³/mol. The maximum Gasteiger partial charge on any atom is 0.331 e. The van der Waals surface area contributed by atoms with E-state index in [0.717, 1.165) is 31.2 Å². The second-order valence-electron chi connectivity index (χ2n) is 5.46. The Morgan fingerprint density at radius 1 is 1.36 bits per heavy atom. The standard InChI is InChI=1S/C17H20ClNO3/c1-12(17(21)19-15-7-2-3-8-15)22-16(20)10-9-13-5-4-6-14(18)11-13/h4-6,9-12,15H,2-3,7-8H2,1H3,(H,19,21)/b10-9+/t12-/m0/s1. The second-order valence-corrected chi connectivity index (χ2v) is 5.89. The largest absolute Gasteiger partial charge is 0.449 e. The molecule has 0 spiro atoms. The third-order valence-corrected chi connectivity index (χ3v) is 3.86. The van der Waals surface area contributed by atoms with Crippen LogP contribution in [0, 0.1) is 0 Å². The lowest BCUT2D eigenvalue weighted by atomic mass is 10.2. The van der Waals surface area contributed by atoms with E-state index in [1.54, 1.807) is 31.2 Å². The fourth-order valence-electron chi connectivity index (χ4n) is 2.43. The molecule has 0 aromatic heterocycles. The zero-order valence-electron chi connectivity index (χ0n) is 12.5. The van der Waals surface area contributed by atoms with Gasteiger partial charge in [0.25, 0.3) is 5.91 Å². The number of hydrogen-bond acceptors (Lipinski definition) is 3. The average molecular weight is 322 g/mol. The molecular weight excluding hydrogens is 302 g/mol. The molecule has 2 rings (SSSR count). The second kappa shape index (κ2) is 7.99. The van der Waals surface area contributed by atoms with Crippen LogP contribution < -0.4 is 5.32 Å². The SMILES string of the molecule is C[C@H](OC(=O)/C=C/c1cccc(Cl)c1)C(=O)NC1CCCC1. The smallest absolute Gasteiger partial charge is 0.331 e. The molecule has 0 saturated heterocycles. The normalized spacial score (nSPS) is 16.6. The first-order valence-corrected chi connectivity index (χ1v) is 7.87. The first-order valence-electron chi connectivity index (χ1n) is 7.49. The molecule has 4 nitrogen and oxygen atoms in total. The zero-order valence-corrected chi connectivity index (χ0v) is 13.3. The van der Waals surface area contributed by atoms with Crippen LogP contribution in [0.15, 0.2) is 30.3 Å². The van der Waals surface area contributed by atoms with Gasteiger partial charge in [0.15, 0.2) is 6.10 Å². The van der Waals surface area contributed by atoms with E-state index in [4.69, 9.17) is 16.3 Å². The number of ether oxygens (including phenoxy) is 1. The van der Waals surface area contributed by atoms with E-state index in [1.165, 1.54) is 6.08 Å². The van der Waals surface area contributed by atoms with Crippen molar-refractivity contribution < 1.29 is 14.3 Å². The van der Waals surface area contributed by atoms with Crippen molar-refractivity contribution in [3.8, 4) is 0 Å². The topological polar surface area (TPSA) is 55.4 Å². The minimum Gasteiger partial charge on any atom is -0.449 e. The third-order valence-electron chi connectivity index (χ3n) is 3.62. The van der Waals surface area contributed by atoms with Gasteiger partial charge in [-0.15, -0.1) is 0 Å². The summed E-state index contributed by atoms with van der Waals surface area (Å²) in [6.45, 7) is 1.58. The fourth-order valence-corrected chi connectivity index (χ4v) is 2.63. The molecule has 1 atom stereocenters. The van der Waals surface area contributed by atoms with Gasteiger partial charge in [0, 0.05) is 17.1 Å². The predicted octanol–water partition coefficient (Wildman–Crippen LogP) is 3.34. The highest BCUT2D eigenvalue weighted by Gasteiger charge is 2.22. The number of esters is 1. The molecule has 1 saturated carbocycles. The number of hydrogen-bond donors (Lipinski definition) is 1. The van der Waals surface area contributed by atoms with E-state index >= 15 is 0 Å². The Morgan fingerprint density at radius 2 is 2.09 bits per heavy atom. The van der Waals surface area contributed by atoms with Crippen LogP contribution in [0.2, 0.25) is 5.02 Å². The number of nitrogens with one attached hydrogen (secondary N) is 1. The lowest BCUT2D eigenvalue weighted by Crippen LogP contribution is -2.40. The molecule has 0 bridgehead atoms. The van der Waals surface area contributed by atoms with Crippen LogP contribution in [-0.2, 0) is 14.3 Å². The number of carbonyl (C=O) groups is 2. The highest BCUT2D eigenvalue weighted by molar-refractivity contribution is 6.30. The van der Waals surface area contributed by atoms with Crippen molar-refractivity contribution >= 4 is 29.6 Å². The first-order chi connectivity index (χ1) is 10.5. The van der Waals surface area contributed by atoms with Crippen molar-refractivity contribution in [2.45, 2.75) is 44.8 Å². The molecule has 0 heterocycles. The van der Waals surface area contributed by atoms with Crippen LogP contribution in [0.5, 0.6) is 0 Å². The molecule has 1 aliphatic carbocycles. The molecule has 1 aromatic carbocycles. The molecule has 1 aliphatic rings. The Hall–Kier alpha value is -1.81. The van der Waals surface area contributed by atoms with E-state index in [-0.39, 0.29) is 11.9 Å². The molecule has 118 valence electrons. The molecule has 5 heteroatoms. The number of rotatable bonds is 5. The van der Waals surface area contributed by atoms with Gasteiger partial charge in [-0.25, -0.2) is 4.79 Å². The minimum absolute atomic E-state index is 0.218. The van der Waals surface area contributed by atoms with Gasteiger partial charge >= 0.3 is 5.97 Å². The molecule has 0 unspecified atom stereocenters. The van der Waals surface area contributed by atoms with E-state index in [1.807, 2.05) is 6.07 Å². The molecule has 0 radical (unpaired) electrons. The summed E-state index contributed by atoms with van der Waals surface area (Å²) >= 11 is 5.86. The summed E-state index contributed by atoms with van der Waals surface area (Å²) in [5.41, 5.74) is 0.799. The van der Waals surface area contributed by atoms with Crippen LogP contribution >= 0.6 is 11.6 Å². The summed E-state index contributed by atoms with van der Waals surface area (Å²) in [4.78, 5) is 23.7. The van der Waals surface area contributed by atoms with E-state index < -0.39 is 12.1 Å². The van der Waals surface area contributed by atoms with Gasteiger partial charge < -0.3 is 10.1 Å². The maximum absolute atomic E-state index is 11.9. The molecule has 1 fully saturated rings. The number of benzene rings is 1. The highest BCUT2D eigenvalue weighted by Crippen LogP contribution is 2.17. The molecule has 22 heavy (non-hydrogen) atoms. The van der Waals surface area contributed by atoms with Crippen molar-refractivity contribution in [3.63, 3.8) is 0 Å². The Bertz CT molecular complexity index is 565. The van der Waals surface area contributed by atoms with Crippen LogP contribution in [0.3, 0.4) is 0 Å². The van der Waals surface area contributed by atoms with Crippen molar-refractivity contribution in [2.75, 3.05) is 0 Å². The number of amides is 1. The highest BCUT2D eigenvalue weighted by atomic mass is 35.5.